The smallest absolute Gasteiger partial charge is 0.237 e. The second-order valence-corrected chi connectivity index (χ2v) is 6.27. The summed E-state index contributed by atoms with van der Waals surface area (Å²) in [7, 11) is 2.03. The van der Waals surface area contributed by atoms with E-state index in [4.69, 9.17) is 0 Å². The normalized spacial score (nSPS) is 30.6. The molecule has 2 rings (SSSR count). The number of hydrogen-bond acceptors (Lipinski definition) is 3. The van der Waals surface area contributed by atoms with Crippen LogP contribution in [0.3, 0.4) is 0 Å². The first-order valence-corrected chi connectivity index (χ1v) is 7.82. The summed E-state index contributed by atoms with van der Waals surface area (Å²) in [6.07, 6.45) is 5.92. The number of carbonyl (C=O) groups excluding carboxylic acids is 1. The van der Waals surface area contributed by atoms with Gasteiger partial charge in [-0.05, 0) is 53.0 Å². The molecule has 0 saturated carbocycles. The summed E-state index contributed by atoms with van der Waals surface area (Å²) in [6, 6.07) is 1.48. The molecule has 0 spiro atoms. The van der Waals surface area contributed by atoms with Crippen LogP contribution in [-0.2, 0) is 4.79 Å². The molecule has 0 aliphatic carbocycles. The second kappa shape index (κ2) is 6.71. The Morgan fingerprint density at radius 2 is 1.68 bits per heavy atom. The van der Waals surface area contributed by atoms with E-state index >= 15 is 0 Å². The Bertz CT molecular complexity index is 290. The minimum Gasteiger partial charge on any atom is -0.336 e. The highest BCUT2D eigenvalue weighted by atomic mass is 16.2. The number of nitrogens with zero attached hydrogens (tertiary/aromatic N) is 2. The van der Waals surface area contributed by atoms with Crippen molar-refractivity contribution in [2.45, 2.75) is 64.1 Å². The van der Waals surface area contributed by atoms with Crippen molar-refractivity contribution in [3.63, 3.8) is 0 Å². The lowest BCUT2D eigenvalue weighted by Crippen LogP contribution is -2.52. The molecule has 0 aromatic heterocycles. The molecule has 0 aromatic rings. The van der Waals surface area contributed by atoms with Crippen LogP contribution in [0.15, 0.2) is 0 Å². The van der Waals surface area contributed by atoms with Crippen LogP contribution in [0, 0.1) is 0 Å². The molecule has 2 heterocycles. The predicted octanol–water partition coefficient (Wildman–Crippen LogP) is 1.46. The van der Waals surface area contributed by atoms with Crippen LogP contribution in [0.25, 0.3) is 0 Å². The first-order chi connectivity index (χ1) is 9.11. The van der Waals surface area contributed by atoms with Crippen molar-refractivity contribution in [2.75, 3.05) is 26.7 Å². The maximum absolute atomic E-state index is 12.5. The molecule has 2 atom stereocenters. The van der Waals surface area contributed by atoms with E-state index in [2.05, 4.69) is 29.0 Å². The molecule has 2 saturated heterocycles. The standard InChI is InChI=1S/C15H29N3O/c1-12-5-4-6-13(2)18(12)15(19)11-17-9-7-14(16-3)8-10-17/h12-14,16H,4-11H2,1-3H3. The number of rotatable bonds is 3. The minimum absolute atomic E-state index is 0.336. The van der Waals surface area contributed by atoms with Gasteiger partial charge in [-0.25, -0.2) is 0 Å². The number of carbonyl (C=O) groups is 1. The van der Waals surface area contributed by atoms with E-state index in [-0.39, 0.29) is 0 Å². The van der Waals surface area contributed by atoms with Gasteiger partial charge in [-0.1, -0.05) is 0 Å². The molecule has 110 valence electrons. The second-order valence-electron chi connectivity index (χ2n) is 6.27. The van der Waals surface area contributed by atoms with Gasteiger partial charge in [-0.15, -0.1) is 0 Å². The van der Waals surface area contributed by atoms with Gasteiger partial charge >= 0.3 is 0 Å². The number of amides is 1. The fourth-order valence-corrected chi connectivity index (χ4v) is 3.57. The summed E-state index contributed by atoms with van der Waals surface area (Å²) in [5.41, 5.74) is 0. The monoisotopic (exact) mass is 267 g/mol. The van der Waals surface area contributed by atoms with Gasteiger partial charge < -0.3 is 10.2 Å². The van der Waals surface area contributed by atoms with Gasteiger partial charge in [0.15, 0.2) is 0 Å². The Kier molecular flexibility index (Phi) is 5.22. The third-order valence-electron chi connectivity index (χ3n) is 4.84. The fraction of sp³-hybridized carbons (Fsp3) is 0.933. The molecule has 2 aliphatic heterocycles. The van der Waals surface area contributed by atoms with Crippen molar-refractivity contribution in [2.24, 2.45) is 0 Å². The van der Waals surface area contributed by atoms with Gasteiger partial charge in [0.05, 0.1) is 6.54 Å². The zero-order valence-corrected chi connectivity index (χ0v) is 12.7. The van der Waals surface area contributed by atoms with E-state index in [0.29, 0.717) is 30.6 Å². The maximum atomic E-state index is 12.5. The molecule has 19 heavy (non-hydrogen) atoms. The SMILES string of the molecule is CNC1CCN(CC(=O)N2C(C)CCCC2C)CC1. The lowest BCUT2D eigenvalue weighted by molar-refractivity contribution is -0.138. The summed E-state index contributed by atoms with van der Waals surface area (Å²) < 4.78 is 0. The van der Waals surface area contributed by atoms with Gasteiger partial charge in [0.1, 0.15) is 0 Å². The Morgan fingerprint density at radius 3 is 2.21 bits per heavy atom. The lowest BCUT2D eigenvalue weighted by Gasteiger charge is -2.41. The van der Waals surface area contributed by atoms with Crippen LogP contribution in [0.4, 0.5) is 0 Å². The summed E-state index contributed by atoms with van der Waals surface area (Å²) in [5.74, 6) is 0.336. The van der Waals surface area contributed by atoms with Crippen molar-refractivity contribution in [3.8, 4) is 0 Å². The third-order valence-corrected chi connectivity index (χ3v) is 4.84. The van der Waals surface area contributed by atoms with Gasteiger partial charge in [0.25, 0.3) is 0 Å². The summed E-state index contributed by atoms with van der Waals surface area (Å²) in [4.78, 5) is 17.0. The Morgan fingerprint density at radius 1 is 1.11 bits per heavy atom. The molecular weight excluding hydrogens is 238 g/mol. The molecule has 0 bridgehead atoms. The highest BCUT2D eigenvalue weighted by molar-refractivity contribution is 5.79. The molecule has 1 amide bonds. The Balaban J connectivity index is 1.83. The number of hydrogen-bond donors (Lipinski definition) is 1. The molecular formula is C15H29N3O. The van der Waals surface area contributed by atoms with E-state index in [1.165, 1.54) is 6.42 Å². The van der Waals surface area contributed by atoms with Gasteiger partial charge in [-0.2, -0.15) is 0 Å². The highest BCUT2D eigenvalue weighted by Crippen LogP contribution is 2.23. The molecule has 2 fully saturated rings. The van der Waals surface area contributed by atoms with Crippen molar-refractivity contribution < 1.29 is 4.79 Å². The third kappa shape index (κ3) is 3.69. The number of likely N-dealkylation sites (tertiary alicyclic amines) is 2. The molecule has 0 radical (unpaired) electrons. The topological polar surface area (TPSA) is 35.6 Å². The predicted molar refractivity (Wildman–Crippen MR) is 78.1 cm³/mol. The van der Waals surface area contributed by atoms with Crippen LogP contribution in [0.2, 0.25) is 0 Å². The Hall–Kier alpha value is -0.610. The first kappa shape index (κ1) is 14.8. The minimum atomic E-state index is 0.336. The lowest BCUT2D eigenvalue weighted by atomic mass is 9.97. The average Bonchev–Trinajstić information content (AvgIpc) is 2.39. The van der Waals surface area contributed by atoms with E-state index in [9.17, 15) is 4.79 Å². The average molecular weight is 267 g/mol. The van der Waals surface area contributed by atoms with Crippen molar-refractivity contribution in [1.29, 1.82) is 0 Å². The number of nitrogens with one attached hydrogen (secondary N) is 1. The van der Waals surface area contributed by atoms with E-state index in [1.54, 1.807) is 0 Å². The van der Waals surface area contributed by atoms with Gasteiger partial charge in [0, 0.05) is 31.2 Å². The quantitative estimate of drug-likeness (QED) is 0.841. The van der Waals surface area contributed by atoms with Crippen LogP contribution in [0.1, 0.15) is 46.0 Å². The van der Waals surface area contributed by atoms with Crippen LogP contribution >= 0.6 is 0 Å². The first-order valence-electron chi connectivity index (χ1n) is 7.82. The zero-order chi connectivity index (χ0) is 13.8. The number of piperidine rings is 2. The summed E-state index contributed by atoms with van der Waals surface area (Å²) in [5, 5.41) is 3.33. The molecule has 0 aromatic carbocycles. The molecule has 1 N–H and O–H groups in total. The van der Waals surface area contributed by atoms with E-state index < -0.39 is 0 Å². The molecule has 4 nitrogen and oxygen atoms in total. The largest absolute Gasteiger partial charge is 0.336 e. The molecule has 2 aliphatic rings. The Labute approximate surface area is 117 Å². The van der Waals surface area contributed by atoms with Crippen LogP contribution < -0.4 is 5.32 Å². The van der Waals surface area contributed by atoms with Gasteiger partial charge in [-0.3, -0.25) is 9.69 Å². The molecule has 4 heteroatoms. The zero-order valence-electron chi connectivity index (χ0n) is 12.7. The fourth-order valence-electron chi connectivity index (χ4n) is 3.57. The van der Waals surface area contributed by atoms with Crippen molar-refractivity contribution in [3.05, 3.63) is 0 Å². The van der Waals surface area contributed by atoms with Gasteiger partial charge in [0.2, 0.25) is 5.91 Å². The van der Waals surface area contributed by atoms with Crippen LogP contribution in [0.5, 0.6) is 0 Å². The molecule has 2 unspecified atom stereocenters. The van der Waals surface area contributed by atoms with Crippen molar-refractivity contribution >= 4 is 5.91 Å². The maximum Gasteiger partial charge on any atom is 0.237 e. The van der Waals surface area contributed by atoms with Crippen molar-refractivity contribution in [1.82, 2.24) is 15.1 Å². The summed E-state index contributed by atoms with van der Waals surface area (Å²) >= 11 is 0. The van der Waals surface area contributed by atoms with Crippen LogP contribution in [-0.4, -0.2) is 60.5 Å². The van der Waals surface area contributed by atoms with E-state index in [0.717, 1.165) is 38.8 Å². The van der Waals surface area contributed by atoms with E-state index in [1.807, 2.05) is 7.05 Å². The highest BCUT2D eigenvalue weighted by Gasteiger charge is 2.30. The summed E-state index contributed by atoms with van der Waals surface area (Å²) in [6.45, 7) is 7.11.